The maximum absolute atomic E-state index is 13.4. The van der Waals surface area contributed by atoms with Crippen LogP contribution in [-0.2, 0) is 40.8 Å². The fraction of sp³-hybridized carbons (Fsp3) is 0.455. The Morgan fingerprint density at radius 2 is 1.40 bits per heavy atom. The zero-order valence-corrected chi connectivity index (χ0v) is 18.4. The van der Waals surface area contributed by atoms with E-state index in [-0.39, 0.29) is 26.4 Å². The third-order valence-corrected chi connectivity index (χ3v) is 6.10. The van der Waals surface area contributed by atoms with Crippen molar-refractivity contribution in [1.29, 1.82) is 0 Å². The molecule has 1 aliphatic heterocycles. The highest BCUT2D eigenvalue weighted by atomic mass is 31.2. The SMILES string of the molecule is CC1(C)O[C@H](COP(=O)(OCc2ccccc2)OCc2ccccc2)[C@](C)(CO)O1. The van der Waals surface area contributed by atoms with Crippen LogP contribution in [0.25, 0.3) is 0 Å². The van der Waals surface area contributed by atoms with Gasteiger partial charge in [0.1, 0.15) is 11.7 Å². The minimum Gasteiger partial charge on any atom is -0.393 e. The van der Waals surface area contributed by atoms with Crippen LogP contribution in [-0.4, -0.2) is 35.8 Å². The van der Waals surface area contributed by atoms with Crippen molar-refractivity contribution in [2.75, 3.05) is 13.2 Å². The minimum absolute atomic E-state index is 0.0672. The number of hydrogen-bond donors (Lipinski definition) is 1. The summed E-state index contributed by atoms with van der Waals surface area (Å²) in [6.07, 6.45) is -0.647. The van der Waals surface area contributed by atoms with E-state index in [4.69, 9.17) is 23.0 Å². The van der Waals surface area contributed by atoms with Gasteiger partial charge in [0, 0.05) is 0 Å². The molecule has 3 rings (SSSR count). The van der Waals surface area contributed by atoms with Gasteiger partial charge in [0.25, 0.3) is 0 Å². The van der Waals surface area contributed by atoms with Crippen LogP contribution in [0, 0.1) is 0 Å². The molecule has 2 aromatic rings. The lowest BCUT2D eigenvalue weighted by molar-refractivity contribution is -0.166. The lowest BCUT2D eigenvalue weighted by atomic mass is 10.0. The van der Waals surface area contributed by atoms with Gasteiger partial charge in [0.05, 0.1) is 26.4 Å². The molecule has 164 valence electrons. The van der Waals surface area contributed by atoms with Gasteiger partial charge in [-0.05, 0) is 31.9 Å². The molecule has 7 nitrogen and oxygen atoms in total. The van der Waals surface area contributed by atoms with Crippen LogP contribution >= 0.6 is 7.82 Å². The number of aliphatic hydroxyl groups excluding tert-OH is 1. The van der Waals surface area contributed by atoms with Gasteiger partial charge in [-0.1, -0.05) is 60.7 Å². The van der Waals surface area contributed by atoms with E-state index < -0.39 is 25.3 Å². The quantitative estimate of drug-likeness (QED) is 0.551. The first-order valence-electron chi connectivity index (χ1n) is 9.84. The monoisotopic (exact) mass is 436 g/mol. The molecule has 8 heteroatoms. The molecule has 30 heavy (non-hydrogen) atoms. The first-order valence-corrected chi connectivity index (χ1v) is 11.3. The number of ether oxygens (including phenoxy) is 2. The Kier molecular flexibility index (Phi) is 7.47. The zero-order valence-electron chi connectivity index (χ0n) is 17.5. The van der Waals surface area contributed by atoms with Gasteiger partial charge in [-0.25, -0.2) is 4.57 Å². The second-order valence-corrected chi connectivity index (χ2v) is 9.51. The molecule has 2 aromatic carbocycles. The molecular weight excluding hydrogens is 407 g/mol. The van der Waals surface area contributed by atoms with Gasteiger partial charge >= 0.3 is 7.82 Å². The smallest absolute Gasteiger partial charge is 0.393 e. The Morgan fingerprint density at radius 3 is 1.87 bits per heavy atom. The fourth-order valence-corrected chi connectivity index (χ4v) is 4.35. The van der Waals surface area contributed by atoms with Crippen molar-refractivity contribution < 1.29 is 32.7 Å². The van der Waals surface area contributed by atoms with Crippen molar-refractivity contribution in [3.63, 3.8) is 0 Å². The van der Waals surface area contributed by atoms with Crippen molar-refractivity contribution >= 4 is 7.82 Å². The molecule has 1 fully saturated rings. The topological polar surface area (TPSA) is 83.5 Å². The average Bonchev–Trinajstić information content (AvgIpc) is 3.00. The molecule has 1 N–H and O–H groups in total. The van der Waals surface area contributed by atoms with E-state index in [0.717, 1.165) is 11.1 Å². The van der Waals surface area contributed by atoms with E-state index in [9.17, 15) is 9.67 Å². The molecule has 0 radical (unpaired) electrons. The summed E-state index contributed by atoms with van der Waals surface area (Å²) >= 11 is 0. The van der Waals surface area contributed by atoms with Crippen LogP contribution in [0.3, 0.4) is 0 Å². The Hall–Kier alpha value is -1.57. The third-order valence-electron chi connectivity index (χ3n) is 4.75. The zero-order chi connectivity index (χ0) is 21.7. The number of rotatable bonds is 10. The number of phosphoric ester groups is 1. The highest BCUT2D eigenvalue weighted by Crippen LogP contribution is 2.52. The van der Waals surface area contributed by atoms with Crippen molar-refractivity contribution in [2.24, 2.45) is 0 Å². The summed E-state index contributed by atoms with van der Waals surface area (Å²) in [5.41, 5.74) is 0.686. The summed E-state index contributed by atoms with van der Waals surface area (Å²) in [6.45, 7) is 4.95. The van der Waals surface area contributed by atoms with Gasteiger partial charge in [0.2, 0.25) is 0 Å². The van der Waals surface area contributed by atoms with E-state index >= 15 is 0 Å². The molecule has 0 aromatic heterocycles. The predicted molar refractivity (Wildman–Crippen MR) is 112 cm³/mol. The number of aliphatic hydroxyl groups is 1. The molecule has 0 amide bonds. The molecular formula is C22H29O7P. The summed E-state index contributed by atoms with van der Waals surface area (Å²) in [5.74, 6) is -0.898. The van der Waals surface area contributed by atoms with E-state index in [1.165, 1.54) is 0 Å². The van der Waals surface area contributed by atoms with Crippen LogP contribution < -0.4 is 0 Å². The summed E-state index contributed by atoms with van der Waals surface area (Å²) in [5, 5.41) is 9.77. The first-order chi connectivity index (χ1) is 14.2. The molecule has 0 aliphatic carbocycles. The number of hydrogen-bond acceptors (Lipinski definition) is 7. The Bertz CT molecular complexity index is 796. The lowest BCUT2D eigenvalue weighted by Gasteiger charge is -2.27. The number of phosphoric acid groups is 1. The highest BCUT2D eigenvalue weighted by Gasteiger charge is 2.50. The van der Waals surface area contributed by atoms with E-state index in [0.29, 0.717) is 0 Å². The van der Waals surface area contributed by atoms with Gasteiger partial charge in [-0.3, -0.25) is 13.6 Å². The Morgan fingerprint density at radius 1 is 0.900 bits per heavy atom. The third kappa shape index (κ3) is 6.22. The van der Waals surface area contributed by atoms with Crippen molar-refractivity contribution in [2.45, 2.75) is 51.5 Å². The maximum atomic E-state index is 13.4. The van der Waals surface area contributed by atoms with Gasteiger partial charge in [-0.2, -0.15) is 0 Å². The van der Waals surface area contributed by atoms with Crippen molar-refractivity contribution in [3.8, 4) is 0 Å². The van der Waals surface area contributed by atoms with Crippen LogP contribution in [0.1, 0.15) is 31.9 Å². The number of benzene rings is 2. The minimum atomic E-state index is -3.93. The van der Waals surface area contributed by atoms with Gasteiger partial charge in [0.15, 0.2) is 5.79 Å². The molecule has 1 saturated heterocycles. The second kappa shape index (κ2) is 9.71. The first kappa shape index (κ1) is 23.1. The average molecular weight is 436 g/mol. The highest BCUT2D eigenvalue weighted by molar-refractivity contribution is 7.48. The molecule has 0 unspecified atom stereocenters. The summed E-state index contributed by atoms with van der Waals surface area (Å²) in [7, 11) is -3.93. The lowest BCUT2D eigenvalue weighted by Crippen LogP contribution is -2.43. The summed E-state index contributed by atoms with van der Waals surface area (Å²) in [4.78, 5) is 0. The molecule has 1 aliphatic rings. The van der Waals surface area contributed by atoms with Crippen LogP contribution in [0.4, 0.5) is 0 Å². The van der Waals surface area contributed by atoms with Crippen LogP contribution in [0.2, 0.25) is 0 Å². The van der Waals surface area contributed by atoms with E-state index in [1.54, 1.807) is 20.8 Å². The van der Waals surface area contributed by atoms with Crippen molar-refractivity contribution in [1.82, 2.24) is 0 Å². The van der Waals surface area contributed by atoms with E-state index in [2.05, 4.69) is 0 Å². The summed E-state index contributed by atoms with van der Waals surface area (Å²) in [6, 6.07) is 18.7. The molecule has 0 bridgehead atoms. The van der Waals surface area contributed by atoms with Crippen LogP contribution in [0.5, 0.6) is 0 Å². The maximum Gasteiger partial charge on any atom is 0.475 e. The van der Waals surface area contributed by atoms with Gasteiger partial charge < -0.3 is 14.6 Å². The second-order valence-electron chi connectivity index (χ2n) is 7.84. The fourth-order valence-electron chi connectivity index (χ4n) is 3.19. The van der Waals surface area contributed by atoms with Crippen LogP contribution in [0.15, 0.2) is 60.7 Å². The predicted octanol–water partition coefficient (Wildman–Crippen LogP) is 4.45. The normalized spacial score (nSPS) is 23.5. The molecule has 0 saturated carbocycles. The largest absolute Gasteiger partial charge is 0.475 e. The molecule has 2 atom stereocenters. The Labute approximate surface area is 177 Å². The molecule has 0 spiro atoms. The summed E-state index contributed by atoms with van der Waals surface area (Å²) < 4.78 is 41.8. The molecule has 1 heterocycles. The standard InChI is InChI=1S/C22H29O7P/c1-21(2)28-20(22(3,17-23)29-21)16-27-30(24,25-14-18-10-6-4-7-11-18)26-15-19-12-8-5-9-13-19/h4-13,20,23H,14-17H2,1-3H3/t20-,22+/m1/s1. The Balaban J connectivity index is 1.69. The van der Waals surface area contributed by atoms with Gasteiger partial charge in [-0.15, -0.1) is 0 Å². The van der Waals surface area contributed by atoms with E-state index in [1.807, 2.05) is 60.7 Å². The van der Waals surface area contributed by atoms with Crippen molar-refractivity contribution in [3.05, 3.63) is 71.8 Å².